The summed E-state index contributed by atoms with van der Waals surface area (Å²) in [4.78, 5) is 6.99. The van der Waals surface area contributed by atoms with Crippen LogP contribution in [0.1, 0.15) is 43.2 Å². The van der Waals surface area contributed by atoms with Crippen molar-refractivity contribution in [3.8, 4) is 0 Å². The van der Waals surface area contributed by atoms with Gasteiger partial charge in [0.25, 0.3) is 0 Å². The van der Waals surface area contributed by atoms with Gasteiger partial charge < -0.3 is 15.5 Å². The summed E-state index contributed by atoms with van der Waals surface area (Å²) in [5.74, 6) is 0.758. The summed E-state index contributed by atoms with van der Waals surface area (Å²) in [6.45, 7) is 1.71. The van der Waals surface area contributed by atoms with Crippen LogP contribution in [-0.2, 0) is 11.8 Å². The van der Waals surface area contributed by atoms with Gasteiger partial charge in [0.2, 0.25) is 0 Å². The van der Waals surface area contributed by atoms with Gasteiger partial charge in [0.05, 0.1) is 11.9 Å². The number of benzene rings is 2. The molecule has 2 aliphatic rings. The van der Waals surface area contributed by atoms with Crippen LogP contribution < -0.4 is 15.5 Å². The zero-order chi connectivity index (χ0) is 22.7. The van der Waals surface area contributed by atoms with Gasteiger partial charge in [-0.1, -0.05) is 43.2 Å². The first-order valence-electron chi connectivity index (χ1n) is 11.8. The fourth-order valence-corrected chi connectivity index (χ4v) is 5.43. The lowest BCUT2D eigenvalue weighted by Crippen LogP contribution is -2.40. The molecule has 2 heterocycles. The number of nitrogens with zero attached hydrogens (tertiary/aromatic N) is 2. The van der Waals surface area contributed by atoms with E-state index < -0.39 is 0 Å². The fraction of sp³-hybridized carbons (Fsp3) is 0.333. The molecule has 0 unspecified atom stereocenters. The van der Waals surface area contributed by atoms with Crippen molar-refractivity contribution in [2.24, 2.45) is 0 Å². The van der Waals surface area contributed by atoms with Crippen LogP contribution in [-0.4, -0.2) is 23.2 Å². The van der Waals surface area contributed by atoms with E-state index in [0.717, 1.165) is 50.3 Å². The molecule has 0 atom stereocenters. The Morgan fingerprint density at radius 1 is 1.00 bits per heavy atom. The molecular weight excluding hydrogens is 431 g/mol. The Morgan fingerprint density at radius 3 is 2.55 bits per heavy atom. The van der Waals surface area contributed by atoms with Gasteiger partial charge in [-0.05, 0) is 79.4 Å². The van der Waals surface area contributed by atoms with Gasteiger partial charge in [-0.15, -0.1) is 0 Å². The molecule has 2 N–H and O–H groups in total. The van der Waals surface area contributed by atoms with Gasteiger partial charge >= 0.3 is 0 Å². The second-order valence-corrected chi connectivity index (χ2v) is 9.50. The van der Waals surface area contributed by atoms with Crippen molar-refractivity contribution >= 4 is 34.5 Å². The van der Waals surface area contributed by atoms with Crippen molar-refractivity contribution in [1.82, 2.24) is 10.3 Å². The summed E-state index contributed by atoms with van der Waals surface area (Å²) in [7, 11) is 0. The third-order valence-electron chi connectivity index (χ3n) is 7.00. The minimum absolute atomic E-state index is 0.00318. The maximum Gasteiger partial charge on any atom is 0.170 e. The van der Waals surface area contributed by atoms with Crippen LogP contribution in [0.4, 0.5) is 21.6 Å². The molecule has 1 aromatic heterocycles. The van der Waals surface area contributed by atoms with E-state index in [9.17, 15) is 4.39 Å². The molecule has 6 heteroatoms. The quantitative estimate of drug-likeness (QED) is 0.450. The van der Waals surface area contributed by atoms with Crippen molar-refractivity contribution in [2.75, 3.05) is 23.3 Å². The number of fused-ring (bicyclic) bond motifs is 1. The molecular formula is C27H29FN4S. The predicted octanol–water partition coefficient (Wildman–Crippen LogP) is 6.10. The highest BCUT2D eigenvalue weighted by atomic mass is 32.1. The molecule has 0 radical (unpaired) electrons. The average molecular weight is 461 g/mol. The van der Waals surface area contributed by atoms with E-state index in [1.807, 2.05) is 30.5 Å². The number of pyridine rings is 1. The Hall–Kier alpha value is -2.99. The predicted molar refractivity (Wildman–Crippen MR) is 137 cm³/mol. The molecule has 1 fully saturated rings. The Balaban J connectivity index is 1.22. The molecule has 0 amide bonds. The number of aryl methyl sites for hydroxylation is 1. The number of aromatic nitrogens is 1. The molecule has 5 rings (SSSR count). The second-order valence-electron chi connectivity index (χ2n) is 9.09. The lowest BCUT2D eigenvalue weighted by atomic mass is 9.79. The van der Waals surface area contributed by atoms with Gasteiger partial charge in [-0.3, -0.25) is 0 Å². The summed E-state index contributed by atoms with van der Waals surface area (Å²) < 4.78 is 13.4. The van der Waals surface area contributed by atoms with E-state index in [-0.39, 0.29) is 11.2 Å². The van der Waals surface area contributed by atoms with E-state index in [4.69, 9.17) is 17.2 Å². The van der Waals surface area contributed by atoms with Crippen LogP contribution in [0, 0.1) is 5.82 Å². The standard InChI is InChI=1S/C27H29FN4S/c28-22-11-9-21(10-12-22)27(15-3-4-16-27)19-30-26(33)31-23-13-14-25(29-18-23)32-17-5-7-20-6-1-2-8-24(20)32/h1-2,6,8-14,18H,3-5,7,15-17,19H2,(H2,30,31,33). The van der Waals surface area contributed by atoms with Gasteiger partial charge in [-0.2, -0.15) is 0 Å². The van der Waals surface area contributed by atoms with Crippen molar-refractivity contribution in [3.63, 3.8) is 0 Å². The molecule has 0 saturated heterocycles. The van der Waals surface area contributed by atoms with E-state index in [0.29, 0.717) is 5.11 Å². The van der Waals surface area contributed by atoms with Crippen LogP contribution in [0.2, 0.25) is 0 Å². The average Bonchev–Trinajstić information content (AvgIpc) is 3.34. The molecule has 1 saturated carbocycles. The van der Waals surface area contributed by atoms with Crippen molar-refractivity contribution < 1.29 is 4.39 Å². The summed E-state index contributed by atoms with van der Waals surface area (Å²) in [5, 5.41) is 7.26. The van der Waals surface area contributed by atoms with Crippen LogP contribution in [0.3, 0.4) is 0 Å². The Morgan fingerprint density at radius 2 is 1.79 bits per heavy atom. The number of hydrogen-bond donors (Lipinski definition) is 2. The monoisotopic (exact) mass is 460 g/mol. The van der Waals surface area contributed by atoms with Gasteiger partial charge in [0.15, 0.2) is 5.11 Å². The molecule has 0 spiro atoms. The highest BCUT2D eigenvalue weighted by molar-refractivity contribution is 7.80. The van der Waals surface area contributed by atoms with Gasteiger partial charge in [0.1, 0.15) is 11.6 Å². The molecule has 3 aromatic rings. The summed E-state index contributed by atoms with van der Waals surface area (Å²) in [5.41, 5.74) is 4.67. The molecule has 4 nitrogen and oxygen atoms in total. The van der Waals surface area contributed by atoms with Crippen molar-refractivity contribution in [2.45, 2.75) is 43.9 Å². The van der Waals surface area contributed by atoms with Crippen LogP contribution >= 0.6 is 12.2 Å². The third-order valence-corrected chi connectivity index (χ3v) is 7.24. The molecule has 1 aliphatic heterocycles. The number of halogens is 1. The Bertz CT molecular complexity index is 1110. The van der Waals surface area contributed by atoms with Crippen LogP contribution in [0.5, 0.6) is 0 Å². The number of hydrogen-bond acceptors (Lipinski definition) is 3. The number of thiocarbonyl (C=S) groups is 1. The maximum absolute atomic E-state index is 13.4. The largest absolute Gasteiger partial charge is 0.362 e. The van der Waals surface area contributed by atoms with Gasteiger partial charge in [0, 0.05) is 24.2 Å². The normalized spacial score (nSPS) is 16.8. The number of anilines is 3. The van der Waals surface area contributed by atoms with Crippen LogP contribution in [0.15, 0.2) is 66.9 Å². The molecule has 2 aromatic carbocycles. The van der Waals surface area contributed by atoms with E-state index >= 15 is 0 Å². The third kappa shape index (κ3) is 4.71. The summed E-state index contributed by atoms with van der Waals surface area (Å²) in [6, 6.07) is 19.6. The maximum atomic E-state index is 13.4. The van der Waals surface area contributed by atoms with E-state index in [1.54, 1.807) is 12.1 Å². The SMILES string of the molecule is Fc1ccc(C2(CNC(=S)Nc3ccc(N4CCCc5ccccc54)nc3)CCCC2)cc1. The Labute approximate surface area is 200 Å². The first kappa shape index (κ1) is 21.8. The van der Waals surface area contributed by atoms with E-state index in [1.165, 1.54) is 29.7 Å². The summed E-state index contributed by atoms with van der Waals surface area (Å²) in [6.07, 6.45) is 8.62. The van der Waals surface area contributed by atoms with Gasteiger partial charge in [-0.25, -0.2) is 9.37 Å². The number of rotatable bonds is 5. The molecule has 170 valence electrons. The molecule has 33 heavy (non-hydrogen) atoms. The lowest BCUT2D eigenvalue weighted by molar-refractivity contribution is 0.434. The fourth-order valence-electron chi connectivity index (χ4n) is 5.24. The smallest absolute Gasteiger partial charge is 0.170 e. The number of para-hydroxylation sites is 1. The lowest BCUT2D eigenvalue weighted by Gasteiger charge is -2.31. The first-order valence-corrected chi connectivity index (χ1v) is 12.2. The number of nitrogens with one attached hydrogen (secondary N) is 2. The molecule has 0 bridgehead atoms. The minimum atomic E-state index is -0.193. The van der Waals surface area contributed by atoms with Crippen molar-refractivity contribution in [3.05, 3.63) is 83.8 Å². The highest BCUT2D eigenvalue weighted by Crippen LogP contribution is 2.40. The van der Waals surface area contributed by atoms with E-state index in [2.05, 4.69) is 39.8 Å². The zero-order valence-electron chi connectivity index (χ0n) is 18.7. The topological polar surface area (TPSA) is 40.2 Å². The summed E-state index contributed by atoms with van der Waals surface area (Å²) >= 11 is 5.58. The van der Waals surface area contributed by atoms with Crippen molar-refractivity contribution in [1.29, 1.82) is 0 Å². The van der Waals surface area contributed by atoms with Crippen LogP contribution in [0.25, 0.3) is 0 Å². The molecule has 1 aliphatic carbocycles. The minimum Gasteiger partial charge on any atom is -0.362 e. The Kier molecular flexibility index (Phi) is 6.27. The highest BCUT2D eigenvalue weighted by Gasteiger charge is 2.35. The second kappa shape index (κ2) is 9.48. The first-order chi connectivity index (χ1) is 16.1. The zero-order valence-corrected chi connectivity index (χ0v) is 19.5.